The zero-order valence-corrected chi connectivity index (χ0v) is 29.2. The largest absolute Gasteiger partial charge is 0.505 e. The molecular formula is C30H23N7O14S3. The number of nitro benzene ring substituents is 1. The number of rotatable bonds is 13. The number of benzene rings is 5. The summed E-state index contributed by atoms with van der Waals surface area (Å²) in [6, 6.07) is 16.3. The van der Waals surface area contributed by atoms with Gasteiger partial charge < -0.3 is 15.3 Å². The number of aromatic hydroxyl groups is 3. The summed E-state index contributed by atoms with van der Waals surface area (Å²) in [5.74, 6) is -2.55. The molecule has 280 valence electrons. The molecule has 0 atom stereocenters. The lowest BCUT2D eigenvalue weighted by atomic mass is 10.1. The van der Waals surface area contributed by atoms with Crippen molar-refractivity contribution in [2.45, 2.75) is 9.79 Å². The second-order valence-electron chi connectivity index (χ2n) is 10.7. The predicted molar refractivity (Wildman–Crippen MR) is 187 cm³/mol. The maximum Gasteiger partial charge on any atom is 0.397 e. The van der Waals surface area contributed by atoms with E-state index in [0.29, 0.717) is 0 Å². The maximum atomic E-state index is 12.4. The van der Waals surface area contributed by atoms with Gasteiger partial charge in [0.2, 0.25) is 0 Å². The highest BCUT2D eigenvalue weighted by molar-refractivity contribution is 7.91. The molecule has 0 saturated carbocycles. The summed E-state index contributed by atoms with van der Waals surface area (Å²) in [4.78, 5) is 9.51. The Labute approximate surface area is 304 Å². The van der Waals surface area contributed by atoms with E-state index in [4.69, 9.17) is 4.55 Å². The van der Waals surface area contributed by atoms with Gasteiger partial charge in [0.15, 0.2) is 21.3 Å². The highest BCUT2D eigenvalue weighted by Crippen LogP contribution is 2.45. The van der Waals surface area contributed by atoms with Crippen molar-refractivity contribution in [1.82, 2.24) is 0 Å². The number of phenolic OH excluding ortho intramolecular Hbond substituents is 3. The third-order valence-electron chi connectivity index (χ3n) is 7.09. The molecule has 21 nitrogen and oxygen atoms in total. The Kier molecular flexibility index (Phi) is 11.1. The summed E-state index contributed by atoms with van der Waals surface area (Å²) in [5, 5.41) is 66.4. The van der Waals surface area contributed by atoms with Crippen LogP contribution in [0.4, 0.5) is 39.8 Å². The Balaban J connectivity index is 1.44. The van der Waals surface area contributed by atoms with Crippen molar-refractivity contribution >= 4 is 80.9 Å². The highest BCUT2D eigenvalue weighted by atomic mass is 32.3. The molecule has 0 bridgehead atoms. The van der Waals surface area contributed by atoms with Gasteiger partial charge in [0, 0.05) is 16.8 Å². The van der Waals surface area contributed by atoms with E-state index in [-0.39, 0.29) is 49.8 Å². The van der Waals surface area contributed by atoms with Gasteiger partial charge in [-0.15, -0.1) is 25.6 Å². The Morgan fingerprint density at radius 3 is 1.81 bits per heavy atom. The fourth-order valence-corrected chi connectivity index (χ4v) is 6.48. The van der Waals surface area contributed by atoms with Crippen LogP contribution in [0.2, 0.25) is 0 Å². The number of hydrogen-bond donors (Lipinski definition) is 5. The zero-order chi connectivity index (χ0) is 39.4. The molecule has 5 aromatic rings. The van der Waals surface area contributed by atoms with E-state index in [1.54, 1.807) is 0 Å². The molecule has 54 heavy (non-hydrogen) atoms. The van der Waals surface area contributed by atoms with Gasteiger partial charge in [-0.05, 0) is 66.7 Å². The molecule has 0 aliphatic carbocycles. The first kappa shape index (κ1) is 38.9. The summed E-state index contributed by atoms with van der Waals surface area (Å²) in [6.45, 7) is -0.820. The monoisotopic (exact) mass is 801 g/mol. The van der Waals surface area contributed by atoms with E-state index in [9.17, 15) is 55.2 Å². The summed E-state index contributed by atoms with van der Waals surface area (Å²) < 4.78 is 92.3. The van der Waals surface area contributed by atoms with Crippen molar-refractivity contribution in [1.29, 1.82) is 0 Å². The van der Waals surface area contributed by atoms with E-state index in [1.807, 2.05) is 0 Å². The minimum Gasteiger partial charge on any atom is -0.505 e. The van der Waals surface area contributed by atoms with E-state index >= 15 is 0 Å². The Morgan fingerprint density at radius 1 is 0.611 bits per heavy atom. The van der Waals surface area contributed by atoms with Gasteiger partial charge in [-0.3, -0.25) is 19.2 Å². The lowest BCUT2D eigenvalue weighted by Crippen LogP contribution is -2.15. The molecule has 5 rings (SSSR count). The molecule has 5 N–H and O–H groups in total. The molecule has 0 heterocycles. The fraction of sp³-hybridized carbons (Fsp3) is 0.0667. The van der Waals surface area contributed by atoms with E-state index in [2.05, 4.69) is 34.9 Å². The summed E-state index contributed by atoms with van der Waals surface area (Å²) in [6.07, 6.45) is 0. The first-order valence-corrected chi connectivity index (χ1v) is 19.0. The maximum absolute atomic E-state index is 12.4. The summed E-state index contributed by atoms with van der Waals surface area (Å²) in [5.41, 5.74) is -1.04. The topological polar surface area (TPSA) is 330 Å². The smallest absolute Gasteiger partial charge is 0.397 e. The molecule has 0 aliphatic heterocycles. The first-order valence-electron chi connectivity index (χ1n) is 14.6. The van der Waals surface area contributed by atoms with Gasteiger partial charge in [-0.25, -0.2) is 12.6 Å². The number of non-ortho nitro benzene ring substituents is 1. The van der Waals surface area contributed by atoms with Crippen LogP contribution >= 0.6 is 0 Å². The molecule has 0 saturated heterocycles. The minimum absolute atomic E-state index is 0.0435. The standard InChI is InChI=1S/C30H23N7O14S3/c38-27-12-11-26(35-31-17-1-4-19(5-2-17)52(43,44)14-13-51-54(48,49)50)30(40)29(27)36-33-24-10-9-23(21-7-6-20(16-22(21)24)53(45,46)47)32-34-25-8-3-18(37(41)42)15-28(25)39/h1-12,15-16,38-40H,13-14H2,(H,45,46,47)(H,48,49,50). The molecule has 0 aromatic heterocycles. The lowest BCUT2D eigenvalue weighted by molar-refractivity contribution is -0.384. The van der Waals surface area contributed by atoms with Gasteiger partial charge in [0.1, 0.15) is 22.9 Å². The van der Waals surface area contributed by atoms with Gasteiger partial charge in [-0.1, -0.05) is 6.07 Å². The summed E-state index contributed by atoms with van der Waals surface area (Å²) >= 11 is 0. The second kappa shape index (κ2) is 15.3. The quantitative estimate of drug-likeness (QED) is 0.0348. The Morgan fingerprint density at radius 2 is 1.19 bits per heavy atom. The van der Waals surface area contributed by atoms with Gasteiger partial charge in [-0.2, -0.15) is 21.9 Å². The molecule has 0 spiro atoms. The van der Waals surface area contributed by atoms with Crippen molar-refractivity contribution < 1.29 is 58.8 Å². The van der Waals surface area contributed by atoms with Crippen molar-refractivity contribution in [2.75, 3.05) is 12.4 Å². The summed E-state index contributed by atoms with van der Waals surface area (Å²) in [7, 11) is -13.5. The van der Waals surface area contributed by atoms with Crippen molar-refractivity contribution in [3.05, 3.63) is 95.0 Å². The number of azo groups is 3. The van der Waals surface area contributed by atoms with E-state index in [0.717, 1.165) is 48.5 Å². The number of phenols is 3. The van der Waals surface area contributed by atoms with Crippen LogP contribution in [0.3, 0.4) is 0 Å². The number of hydrogen-bond acceptors (Lipinski definition) is 18. The number of fused-ring (bicyclic) bond motifs is 1. The van der Waals surface area contributed by atoms with Crippen LogP contribution in [-0.4, -0.2) is 67.0 Å². The van der Waals surface area contributed by atoms with Gasteiger partial charge in [0.05, 0.1) is 50.2 Å². The molecule has 0 fully saturated rings. The highest BCUT2D eigenvalue weighted by Gasteiger charge is 2.18. The molecule has 0 radical (unpaired) electrons. The number of nitro groups is 1. The second-order valence-corrected chi connectivity index (χ2v) is 15.3. The van der Waals surface area contributed by atoms with E-state index < -0.39 is 75.5 Å². The molecule has 0 amide bonds. The molecular weight excluding hydrogens is 779 g/mol. The van der Waals surface area contributed by atoms with Crippen molar-refractivity contribution in [3.8, 4) is 17.2 Å². The van der Waals surface area contributed by atoms with E-state index in [1.165, 1.54) is 36.4 Å². The normalized spacial score (nSPS) is 12.7. The minimum atomic E-state index is -4.82. The first-order chi connectivity index (χ1) is 25.3. The number of nitrogens with zero attached hydrogens (tertiary/aromatic N) is 7. The number of sulfone groups is 1. The fourth-order valence-electron chi connectivity index (χ4n) is 4.49. The Bertz CT molecular complexity index is 2720. The average Bonchev–Trinajstić information content (AvgIpc) is 3.10. The van der Waals surface area contributed by atoms with Crippen LogP contribution in [0.5, 0.6) is 17.2 Å². The third-order valence-corrected chi connectivity index (χ3v) is 10.1. The van der Waals surface area contributed by atoms with Crippen LogP contribution in [0.25, 0.3) is 10.8 Å². The van der Waals surface area contributed by atoms with Crippen molar-refractivity contribution in [3.63, 3.8) is 0 Å². The van der Waals surface area contributed by atoms with Crippen LogP contribution in [-0.2, 0) is 34.5 Å². The molecule has 0 unspecified atom stereocenters. The zero-order valence-electron chi connectivity index (χ0n) is 26.8. The predicted octanol–water partition coefficient (Wildman–Crippen LogP) is 6.95. The van der Waals surface area contributed by atoms with Crippen molar-refractivity contribution in [2.24, 2.45) is 30.7 Å². The van der Waals surface area contributed by atoms with Crippen LogP contribution in [0.1, 0.15) is 0 Å². The van der Waals surface area contributed by atoms with Crippen LogP contribution in [0.15, 0.2) is 125 Å². The Hall–Kier alpha value is -6.31. The lowest BCUT2D eigenvalue weighted by Gasteiger charge is -2.07. The van der Waals surface area contributed by atoms with Gasteiger partial charge in [0.25, 0.3) is 15.8 Å². The molecule has 0 aliphatic rings. The van der Waals surface area contributed by atoms with Gasteiger partial charge >= 0.3 is 10.4 Å². The van der Waals surface area contributed by atoms with Crippen LogP contribution < -0.4 is 0 Å². The molecule has 5 aromatic carbocycles. The molecule has 24 heteroatoms. The van der Waals surface area contributed by atoms with Crippen LogP contribution in [0, 0.1) is 10.1 Å². The third kappa shape index (κ3) is 9.37. The SMILES string of the molecule is O=[N+]([O-])c1ccc(N=Nc2ccc(N=Nc3c(O)ccc(N=Nc4ccc(S(=O)(=O)CCOS(=O)(=O)O)cc4)c3O)c3cc(S(=O)(=O)O)ccc23)c(O)c1. The average molecular weight is 802 g/mol.